The monoisotopic (exact) mass is 321 g/mol. The molecule has 1 aromatic carbocycles. The molecule has 1 heterocycles. The first-order valence-corrected chi connectivity index (χ1v) is 8.87. The van der Waals surface area contributed by atoms with Gasteiger partial charge in [-0.3, -0.25) is 4.21 Å². The molecule has 2 unspecified atom stereocenters. The van der Waals surface area contributed by atoms with Crippen LogP contribution in [-0.2, 0) is 10.8 Å². The second-order valence-corrected chi connectivity index (χ2v) is 7.04. The Hall–Kier alpha value is -1.53. The lowest BCUT2D eigenvalue weighted by molar-refractivity contribution is 0.678. The van der Waals surface area contributed by atoms with E-state index in [2.05, 4.69) is 10.3 Å². The highest BCUT2D eigenvalue weighted by Crippen LogP contribution is 2.21. The Morgan fingerprint density at radius 2 is 2.19 bits per heavy atom. The van der Waals surface area contributed by atoms with Crippen molar-refractivity contribution in [3.63, 3.8) is 0 Å². The topological polar surface area (TPSA) is 68.0 Å². The van der Waals surface area contributed by atoms with Gasteiger partial charge < -0.3 is 11.1 Å². The predicted molar refractivity (Wildman–Crippen MR) is 94.3 cm³/mol. The number of hydrogen-bond acceptors (Lipinski definition) is 4. The fourth-order valence-corrected chi connectivity index (χ4v) is 2.97. The van der Waals surface area contributed by atoms with E-state index in [4.69, 9.17) is 18.0 Å². The average molecular weight is 321 g/mol. The van der Waals surface area contributed by atoms with Crippen molar-refractivity contribution in [2.24, 2.45) is 5.73 Å². The standard InChI is InChI=1S/C15H19N3OS2/c1-10(7-8-21(2)19)17-14-9-12(15(16)20)11-5-3-4-6-13(11)18-14/h3-6,9-10H,7-8H2,1-2H3,(H2,16,20)(H,17,18). The van der Waals surface area contributed by atoms with Crippen LogP contribution < -0.4 is 11.1 Å². The molecule has 0 saturated carbocycles. The zero-order chi connectivity index (χ0) is 15.4. The van der Waals surface area contributed by atoms with E-state index in [1.54, 1.807) is 6.26 Å². The summed E-state index contributed by atoms with van der Waals surface area (Å²) >= 11 is 5.13. The quantitative estimate of drug-likeness (QED) is 0.800. The lowest BCUT2D eigenvalue weighted by Crippen LogP contribution is -2.19. The molecule has 112 valence electrons. The summed E-state index contributed by atoms with van der Waals surface area (Å²) < 4.78 is 11.2. The van der Waals surface area contributed by atoms with Crippen molar-refractivity contribution < 1.29 is 4.21 Å². The third kappa shape index (κ3) is 4.22. The van der Waals surface area contributed by atoms with E-state index >= 15 is 0 Å². The lowest BCUT2D eigenvalue weighted by atomic mass is 10.1. The van der Waals surface area contributed by atoms with Gasteiger partial charge in [0.2, 0.25) is 0 Å². The van der Waals surface area contributed by atoms with Gasteiger partial charge in [0, 0.05) is 39.8 Å². The maximum atomic E-state index is 11.2. The number of aromatic nitrogens is 1. The number of nitrogens with zero attached hydrogens (tertiary/aromatic N) is 1. The van der Waals surface area contributed by atoms with Crippen LogP contribution in [-0.4, -0.2) is 32.2 Å². The molecule has 21 heavy (non-hydrogen) atoms. The number of nitrogens with one attached hydrogen (secondary N) is 1. The zero-order valence-electron chi connectivity index (χ0n) is 12.1. The highest BCUT2D eigenvalue weighted by molar-refractivity contribution is 7.84. The minimum Gasteiger partial charge on any atom is -0.389 e. The Morgan fingerprint density at radius 1 is 1.48 bits per heavy atom. The van der Waals surface area contributed by atoms with Crippen LogP contribution in [0, 0.1) is 0 Å². The van der Waals surface area contributed by atoms with E-state index in [9.17, 15) is 4.21 Å². The van der Waals surface area contributed by atoms with Gasteiger partial charge in [0.05, 0.1) is 5.52 Å². The van der Waals surface area contributed by atoms with Crippen LogP contribution >= 0.6 is 12.2 Å². The molecule has 3 N–H and O–H groups in total. The first kappa shape index (κ1) is 15.9. The summed E-state index contributed by atoms with van der Waals surface area (Å²) in [5, 5.41) is 4.28. The first-order valence-electron chi connectivity index (χ1n) is 6.73. The van der Waals surface area contributed by atoms with Gasteiger partial charge in [-0.05, 0) is 25.5 Å². The summed E-state index contributed by atoms with van der Waals surface area (Å²) in [6.07, 6.45) is 2.53. The largest absolute Gasteiger partial charge is 0.389 e. The molecule has 1 aromatic heterocycles. The van der Waals surface area contributed by atoms with Gasteiger partial charge in [0.1, 0.15) is 10.8 Å². The van der Waals surface area contributed by atoms with E-state index in [-0.39, 0.29) is 6.04 Å². The van der Waals surface area contributed by atoms with Crippen molar-refractivity contribution in [1.82, 2.24) is 4.98 Å². The molecule has 0 spiro atoms. The van der Waals surface area contributed by atoms with Crippen molar-refractivity contribution in [3.05, 3.63) is 35.9 Å². The molecule has 4 nitrogen and oxygen atoms in total. The maximum Gasteiger partial charge on any atom is 0.127 e. The normalized spacial score (nSPS) is 13.8. The van der Waals surface area contributed by atoms with Gasteiger partial charge in [-0.2, -0.15) is 0 Å². The molecule has 0 saturated heterocycles. The van der Waals surface area contributed by atoms with Crippen LogP contribution in [0.3, 0.4) is 0 Å². The fraction of sp³-hybridized carbons (Fsp3) is 0.333. The van der Waals surface area contributed by atoms with Crippen LogP contribution in [0.15, 0.2) is 30.3 Å². The number of rotatable bonds is 6. The Bertz CT molecular complexity index is 688. The number of pyridine rings is 1. The molecule has 0 aliphatic heterocycles. The molecule has 0 fully saturated rings. The van der Waals surface area contributed by atoms with Crippen LogP contribution in [0.4, 0.5) is 5.82 Å². The molecule has 0 amide bonds. The zero-order valence-corrected chi connectivity index (χ0v) is 13.8. The summed E-state index contributed by atoms with van der Waals surface area (Å²) in [5.41, 5.74) is 7.50. The second kappa shape index (κ2) is 6.95. The molecule has 0 radical (unpaired) electrons. The van der Waals surface area contributed by atoms with E-state index < -0.39 is 10.8 Å². The minimum atomic E-state index is -0.779. The molecule has 0 aliphatic rings. The summed E-state index contributed by atoms with van der Waals surface area (Å²) in [6.45, 7) is 2.05. The Balaban J connectivity index is 2.28. The lowest BCUT2D eigenvalue weighted by Gasteiger charge is -2.15. The van der Waals surface area contributed by atoms with E-state index in [1.165, 1.54) is 0 Å². The van der Waals surface area contributed by atoms with Crippen molar-refractivity contribution in [2.75, 3.05) is 17.3 Å². The van der Waals surface area contributed by atoms with Gasteiger partial charge in [0.25, 0.3) is 0 Å². The Kier molecular flexibility index (Phi) is 5.25. The molecular weight excluding hydrogens is 302 g/mol. The van der Waals surface area contributed by atoms with Crippen LogP contribution in [0.2, 0.25) is 0 Å². The number of benzene rings is 1. The second-order valence-electron chi connectivity index (χ2n) is 5.05. The number of anilines is 1. The van der Waals surface area contributed by atoms with E-state index in [0.29, 0.717) is 10.7 Å². The Morgan fingerprint density at radius 3 is 2.86 bits per heavy atom. The SMILES string of the molecule is CC(CCS(C)=O)Nc1cc(C(N)=S)c2ccccc2n1. The summed E-state index contributed by atoms with van der Waals surface area (Å²) in [4.78, 5) is 4.94. The van der Waals surface area contributed by atoms with Crippen molar-refractivity contribution in [1.29, 1.82) is 0 Å². The van der Waals surface area contributed by atoms with Crippen LogP contribution in [0.5, 0.6) is 0 Å². The van der Waals surface area contributed by atoms with Gasteiger partial charge >= 0.3 is 0 Å². The number of hydrogen-bond donors (Lipinski definition) is 2. The third-order valence-electron chi connectivity index (χ3n) is 3.21. The van der Waals surface area contributed by atoms with E-state index in [1.807, 2.05) is 37.3 Å². The van der Waals surface area contributed by atoms with Crippen molar-refractivity contribution in [3.8, 4) is 0 Å². The predicted octanol–water partition coefficient (Wildman–Crippen LogP) is 2.44. The number of para-hydroxylation sites is 1. The molecule has 2 rings (SSSR count). The van der Waals surface area contributed by atoms with Gasteiger partial charge in [-0.15, -0.1) is 0 Å². The van der Waals surface area contributed by atoms with Gasteiger partial charge in [-0.25, -0.2) is 4.98 Å². The summed E-state index contributed by atoms with van der Waals surface area (Å²) in [5.74, 6) is 1.41. The summed E-state index contributed by atoms with van der Waals surface area (Å²) in [7, 11) is -0.779. The number of thiocarbonyl (C=S) groups is 1. The molecular formula is C15H19N3OS2. The maximum absolute atomic E-state index is 11.2. The van der Waals surface area contributed by atoms with Gasteiger partial charge in [-0.1, -0.05) is 30.4 Å². The van der Waals surface area contributed by atoms with Crippen LogP contribution in [0.1, 0.15) is 18.9 Å². The third-order valence-corrected chi connectivity index (χ3v) is 4.24. The average Bonchev–Trinajstić information content (AvgIpc) is 2.44. The van der Waals surface area contributed by atoms with Crippen molar-refractivity contribution in [2.45, 2.75) is 19.4 Å². The molecule has 0 bridgehead atoms. The highest BCUT2D eigenvalue weighted by Gasteiger charge is 2.10. The first-order chi connectivity index (χ1) is 9.97. The fourth-order valence-electron chi connectivity index (χ4n) is 2.12. The highest BCUT2D eigenvalue weighted by atomic mass is 32.2. The molecule has 0 aliphatic carbocycles. The number of fused-ring (bicyclic) bond motifs is 1. The number of nitrogens with two attached hydrogens (primary N) is 1. The summed E-state index contributed by atoms with van der Waals surface area (Å²) in [6, 6.07) is 9.84. The molecule has 2 aromatic rings. The minimum absolute atomic E-state index is 0.182. The van der Waals surface area contributed by atoms with E-state index in [0.717, 1.165) is 28.7 Å². The smallest absolute Gasteiger partial charge is 0.127 e. The van der Waals surface area contributed by atoms with Crippen molar-refractivity contribution >= 4 is 44.7 Å². The molecule has 6 heteroatoms. The van der Waals surface area contributed by atoms with Crippen LogP contribution in [0.25, 0.3) is 10.9 Å². The Labute approximate surface area is 132 Å². The van der Waals surface area contributed by atoms with Gasteiger partial charge in [0.15, 0.2) is 0 Å². The molecule has 2 atom stereocenters.